The van der Waals surface area contributed by atoms with Crippen LogP contribution in [0.1, 0.15) is 10.4 Å². The van der Waals surface area contributed by atoms with Crippen molar-refractivity contribution in [2.24, 2.45) is 0 Å². The lowest BCUT2D eigenvalue weighted by Gasteiger charge is -2.07. The van der Waals surface area contributed by atoms with Crippen molar-refractivity contribution >= 4 is 23.1 Å². The van der Waals surface area contributed by atoms with E-state index in [-0.39, 0.29) is 12.6 Å². The smallest absolute Gasteiger partial charge is 0.253 e. The molecule has 0 heterocycles. The van der Waals surface area contributed by atoms with E-state index in [1.54, 1.807) is 6.07 Å². The van der Waals surface area contributed by atoms with Gasteiger partial charge in [0.2, 0.25) is 6.41 Å². The Hall–Kier alpha value is -2.36. The van der Waals surface area contributed by atoms with E-state index in [0.717, 1.165) is 10.8 Å². The van der Waals surface area contributed by atoms with Gasteiger partial charge < -0.3 is 10.6 Å². The van der Waals surface area contributed by atoms with E-state index in [4.69, 9.17) is 0 Å². The van der Waals surface area contributed by atoms with Crippen molar-refractivity contribution in [3.05, 3.63) is 48.0 Å². The van der Waals surface area contributed by atoms with Crippen LogP contribution in [-0.2, 0) is 4.79 Å². The molecule has 2 amide bonds. The van der Waals surface area contributed by atoms with E-state index in [1.807, 2.05) is 36.4 Å². The van der Waals surface area contributed by atoms with Crippen LogP contribution in [0.2, 0.25) is 0 Å². The molecule has 4 nitrogen and oxygen atoms in total. The number of fused-ring (bicyclic) bond motifs is 1. The van der Waals surface area contributed by atoms with E-state index in [1.165, 1.54) is 0 Å². The molecule has 0 saturated carbocycles. The number of rotatable bonds is 4. The Morgan fingerprint density at radius 2 is 1.88 bits per heavy atom. The van der Waals surface area contributed by atoms with Gasteiger partial charge in [-0.15, -0.1) is 0 Å². The molecule has 2 aromatic rings. The molecule has 4 heteroatoms. The number of carbonyl (C=O) groups excluding carboxylic acids is 2. The van der Waals surface area contributed by atoms with Gasteiger partial charge in [-0.2, -0.15) is 0 Å². The van der Waals surface area contributed by atoms with Crippen LogP contribution in [-0.4, -0.2) is 19.0 Å². The number of nitrogens with one attached hydrogen (secondary N) is 2. The molecule has 2 N–H and O–H groups in total. The molecule has 0 aliphatic heterocycles. The molecule has 0 radical (unpaired) electrons. The van der Waals surface area contributed by atoms with Crippen LogP contribution in [0.15, 0.2) is 42.5 Å². The molecule has 86 valence electrons. The van der Waals surface area contributed by atoms with Crippen LogP contribution in [0.4, 0.5) is 0 Å². The first kappa shape index (κ1) is 11.1. The van der Waals surface area contributed by atoms with Gasteiger partial charge in [-0.3, -0.25) is 9.59 Å². The molecule has 2 aromatic carbocycles. The van der Waals surface area contributed by atoms with Gasteiger partial charge >= 0.3 is 0 Å². The highest BCUT2D eigenvalue weighted by Gasteiger charge is 2.08. The maximum Gasteiger partial charge on any atom is 0.253 e. The maximum atomic E-state index is 11.9. The van der Waals surface area contributed by atoms with Gasteiger partial charge in [0.15, 0.2) is 0 Å². The zero-order chi connectivity index (χ0) is 12.1. The molecule has 0 unspecified atom stereocenters. The second-order valence-corrected chi connectivity index (χ2v) is 3.53. The molecule has 17 heavy (non-hydrogen) atoms. The van der Waals surface area contributed by atoms with Crippen molar-refractivity contribution in [1.29, 1.82) is 0 Å². The van der Waals surface area contributed by atoms with Gasteiger partial charge in [0.25, 0.3) is 5.91 Å². The van der Waals surface area contributed by atoms with Crippen LogP contribution < -0.4 is 10.6 Å². The summed E-state index contributed by atoms with van der Waals surface area (Å²) in [6, 6.07) is 13.2. The number of amides is 2. The predicted molar refractivity (Wildman–Crippen MR) is 65.5 cm³/mol. The number of hydrogen-bond donors (Lipinski definition) is 2. The molecule has 0 saturated heterocycles. The third kappa shape index (κ3) is 2.42. The van der Waals surface area contributed by atoms with Crippen LogP contribution in [0, 0.1) is 0 Å². The van der Waals surface area contributed by atoms with Gasteiger partial charge in [0, 0.05) is 5.56 Å². The summed E-state index contributed by atoms with van der Waals surface area (Å²) >= 11 is 0. The number of benzene rings is 2. The fourth-order valence-corrected chi connectivity index (χ4v) is 1.69. The molecular weight excluding hydrogens is 216 g/mol. The average Bonchev–Trinajstić information content (AvgIpc) is 2.38. The van der Waals surface area contributed by atoms with Crippen LogP contribution in [0.3, 0.4) is 0 Å². The zero-order valence-electron chi connectivity index (χ0n) is 9.14. The Bertz CT molecular complexity index is 547. The van der Waals surface area contributed by atoms with Gasteiger partial charge in [-0.05, 0) is 16.8 Å². The zero-order valence-corrected chi connectivity index (χ0v) is 9.14. The van der Waals surface area contributed by atoms with E-state index < -0.39 is 0 Å². The predicted octanol–water partition coefficient (Wildman–Crippen LogP) is 1.27. The Morgan fingerprint density at radius 3 is 2.71 bits per heavy atom. The average molecular weight is 228 g/mol. The third-order valence-corrected chi connectivity index (χ3v) is 2.47. The molecule has 2 rings (SSSR count). The summed E-state index contributed by atoms with van der Waals surface area (Å²) in [4.78, 5) is 21.9. The number of hydrogen-bond acceptors (Lipinski definition) is 2. The summed E-state index contributed by atoms with van der Waals surface area (Å²) in [7, 11) is 0. The van der Waals surface area contributed by atoms with E-state index in [2.05, 4.69) is 10.6 Å². The van der Waals surface area contributed by atoms with Crippen molar-refractivity contribution in [3.8, 4) is 0 Å². The normalized spacial score (nSPS) is 9.88. The molecule has 0 bridgehead atoms. The van der Waals surface area contributed by atoms with E-state index >= 15 is 0 Å². The maximum absolute atomic E-state index is 11.9. The molecule has 0 spiro atoms. The summed E-state index contributed by atoms with van der Waals surface area (Å²) in [5, 5.41) is 6.91. The van der Waals surface area contributed by atoms with Crippen molar-refractivity contribution < 1.29 is 9.59 Å². The highest BCUT2D eigenvalue weighted by atomic mass is 16.2. The first-order valence-electron chi connectivity index (χ1n) is 5.26. The van der Waals surface area contributed by atoms with Crippen LogP contribution in [0.25, 0.3) is 10.8 Å². The minimum atomic E-state index is -0.198. The van der Waals surface area contributed by atoms with E-state index in [0.29, 0.717) is 12.0 Å². The number of carbonyl (C=O) groups is 2. The fourth-order valence-electron chi connectivity index (χ4n) is 1.69. The SMILES string of the molecule is O=CNCNC(=O)c1cccc2ccccc12. The summed E-state index contributed by atoms with van der Waals surface area (Å²) in [5.74, 6) is -0.198. The molecule has 0 atom stereocenters. The lowest BCUT2D eigenvalue weighted by molar-refractivity contribution is -0.109. The molecule has 0 aromatic heterocycles. The van der Waals surface area contributed by atoms with Gasteiger partial charge in [0.05, 0.1) is 6.67 Å². The van der Waals surface area contributed by atoms with Crippen molar-refractivity contribution in [3.63, 3.8) is 0 Å². The summed E-state index contributed by atoms with van der Waals surface area (Å²) in [6.07, 6.45) is 0.545. The summed E-state index contributed by atoms with van der Waals surface area (Å²) in [5.41, 5.74) is 0.607. The fraction of sp³-hybridized carbons (Fsp3) is 0.0769. The summed E-state index contributed by atoms with van der Waals surface area (Å²) < 4.78 is 0. The Morgan fingerprint density at radius 1 is 1.12 bits per heavy atom. The minimum Gasteiger partial charge on any atom is -0.341 e. The lowest BCUT2D eigenvalue weighted by atomic mass is 10.0. The summed E-state index contributed by atoms with van der Waals surface area (Å²) in [6.45, 7) is 0.131. The van der Waals surface area contributed by atoms with Crippen LogP contribution >= 0.6 is 0 Å². The molecular formula is C13H12N2O2. The van der Waals surface area contributed by atoms with E-state index in [9.17, 15) is 9.59 Å². The van der Waals surface area contributed by atoms with Gasteiger partial charge in [-0.25, -0.2) is 0 Å². The highest BCUT2D eigenvalue weighted by Crippen LogP contribution is 2.17. The minimum absolute atomic E-state index is 0.131. The van der Waals surface area contributed by atoms with Gasteiger partial charge in [0.1, 0.15) is 0 Å². The highest BCUT2D eigenvalue weighted by molar-refractivity contribution is 6.06. The standard InChI is InChI=1S/C13H12N2O2/c16-9-14-8-15-13(17)12-7-3-5-10-4-1-2-6-11(10)12/h1-7,9H,8H2,(H,14,16)(H,15,17). The Balaban J connectivity index is 2.28. The first-order valence-corrected chi connectivity index (χ1v) is 5.26. The van der Waals surface area contributed by atoms with Crippen molar-refractivity contribution in [2.45, 2.75) is 0 Å². The van der Waals surface area contributed by atoms with Crippen LogP contribution in [0.5, 0.6) is 0 Å². The molecule has 0 aliphatic carbocycles. The second kappa shape index (κ2) is 5.12. The Labute approximate surface area is 98.6 Å². The monoisotopic (exact) mass is 228 g/mol. The Kier molecular flexibility index (Phi) is 3.35. The van der Waals surface area contributed by atoms with Crippen molar-refractivity contribution in [1.82, 2.24) is 10.6 Å². The van der Waals surface area contributed by atoms with Crippen molar-refractivity contribution in [2.75, 3.05) is 6.67 Å². The molecule has 0 fully saturated rings. The molecule has 0 aliphatic rings. The topological polar surface area (TPSA) is 58.2 Å². The van der Waals surface area contributed by atoms with Gasteiger partial charge in [-0.1, -0.05) is 36.4 Å². The second-order valence-electron chi connectivity index (χ2n) is 3.53. The largest absolute Gasteiger partial charge is 0.341 e. The first-order chi connectivity index (χ1) is 8.33. The quantitative estimate of drug-likeness (QED) is 0.470. The lowest BCUT2D eigenvalue weighted by Crippen LogP contribution is -2.33. The third-order valence-electron chi connectivity index (χ3n) is 2.47.